The van der Waals surface area contributed by atoms with Crippen molar-refractivity contribution in [1.29, 1.82) is 0 Å². The highest BCUT2D eigenvalue weighted by Crippen LogP contribution is 2.13. The van der Waals surface area contributed by atoms with Gasteiger partial charge in [0.05, 0.1) is 0 Å². The van der Waals surface area contributed by atoms with Crippen molar-refractivity contribution in [2.75, 3.05) is 17.2 Å². The van der Waals surface area contributed by atoms with E-state index in [0.717, 1.165) is 17.9 Å². The number of benzene rings is 2. The van der Waals surface area contributed by atoms with Gasteiger partial charge in [-0.25, -0.2) is 0 Å². The van der Waals surface area contributed by atoms with Crippen LogP contribution in [0.2, 0.25) is 0 Å². The van der Waals surface area contributed by atoms with Crippen LogP contribution in [0.3, 0.4) is 0 Å². The highest BCUT2D eigenvalue weighted by atomic mass is 16.1. The molecular weight excluding hydrogens is 236 g/mol. The molecule has 98 valence electrons. The van der Waals surface area contributed by atoms with Crippen LogP contribution in [0.15, 0.2) is 48.5 Å². The number of amides is 1. The summed E-state index contributed by atoms with van der Waals surface area (Å²) in [6, 6.07) is 15.2. The zero-order chi connectivity index (χ0) is 13.7. The molecule has 0 radical (unpaired) electrons. The lowest BCUT2D eigenvalue weighted by Crippen LogP contribution is -2.11. The van der Waals surface area contributed by atoms with Crippen molar-refractivity contribution in [3.63, 3.8) is 0 Å². The van der Waals surface area contributed by atoms with Crippen molar-refractivity contribution in [1.82, 2.24) is 0 Å². The van der Waals surface area contributed by atoms with E-state index in [1.807, 2.05) is 62.4 Å². The Morgan fingerprint density at radius 2 is 1.53 bits per heavy atom. The first-order valence-corrected chi connectivity index (χ1v) is 6.41. The summed E-state index contributed by atoms with van der Waals surface area (Å²) >= 11 is 0. The van der Waals surface area contributed by atoms with E-state index in [4.69, 9.17) is 0 Å². The zero-order valence-corrected chi connectivity index (χ0v) is 11.2. The maximum atomic E-state index is 12.0. The number of carbonyl (C=O) groups is 1. The first-order chi connectivity index (χ1) is 9.19. The van der Waals surface area contributed by atoms with E-state index < -0.39 is 0 Å². The molecule has 1 amide bonds. The summed E-state index contributed by atoms with van der Waals surface area (Å²) in [6.45, 7) is 4.93. The fourth-order valence-corrected chi connectivity index (χ4v) is 1.78. The number of hydrogen-bond acceptors (Lipinski definition) is 2. The summed E-state index contributed by atoms with van der Waals surface area (Å²) in [5, 5.41) is 6.08. The zero-order valence-electron chi connectivity index (χ0n) is 11.2. The van der Waals surface area contributed by atoms with Gasteiger partial charge in [-0.1, -0.05) is 17.7 Å². The van der Waals surface area contributed by atoms with Crippen LogP contribution in [0.1, 0.15) is 22.8 Å². The van der Waals surface area contributed by atoms with Crippen LogP contribution in [0.25, 0.3) is 0 Å². The Morgan fingerprint density at radius 3 is 2.11 bits per heavy atom. The molecule has 2 rings (SSSR count). The lowest BCUT2D eigenvalue weighted by atomic mass is 10.1. The second-order valence-corrected chi connectivity index (χ2v) is 4.43. The van der Waals surface area contributed by atoms with Crippen LogP contribution in [0.4, 0.5) is 11.4 Å². The summed E-state index contributed by atoms with van der Waals surface area (Å²) in [5.74, 6) is -0.0908. The third kappa shape index (κ3) is 3.58. The van der Waals surface area contributed by atoms with Gasteiger partial charge in [0, 0.05) is 23.5 Å². The summed E-state index contributed by atoms with van der Waals surface area (Å²) in [5.41, 5.74) is 3.66. The molecule has 19 heavy (non-hydrogen) atoms. The van der Waals surface area contributed by atoms with Crippen LogP contribution in [0, 0.1) is 6.92 Å². The third-order valence-electron chi connectivity index (χ3n) is 2.84. The van der Waals surface area contributed by atoms with Gasteiger partial charge in [-0.2, -0.15) is 0 Å². The van der Waals surface area contributed by atoms with Gasteiger partial charge in [-0.05, 0) is 50.2 Å². The van der Waals surface area contributed by atoms with Gasteiger partial charge in [0.25, 0.3) is 5.91 Å². The fraction of sp³-hybridized carbons (Fsp3) is 0.188. The van der Waals surface area contributed by atoms with Gasteiger partial charge in [-0.3, -0.25) is 4.79 Å². The van der Waals surface area contributed by atoms with Crippen LogP contribution in [-0.4, -0.2) is 12.5 Å². The molecule has 2 N–H and O–H groups in total. The molecule has 0 saturated carbocycles. The Hall–Kier alpha value is -2.29. The maximum absolute atomic E-state index is 12.0. The van der Waals surface area contributed by atoms with Crippen molar-refractivity contribution in [3.05, 3.63) is 59.7 Å². The normalized spacial score (nSPS) is 10.0. The van der Waals surface area contributed by atoms with E-state index in [9.17, 15) is 4.79 Å². The topological polar surface area (TPSA) is 41.1 Å². The number of rotatable bonds is 4. The van der Waals surface area contributed by atoms with Gasteiger partial charge >= 0.3 is 0 Å². The predicted octanol–water partition coefficient (Wildman–Crippen LogP) is 3.68. The Kier molecular flexibility index (Phi) is 4.18. The number of nitrogens with one attached hydrogen (secondary N) is 2. The molecule has 0 aliphatic carbocycles. The van der Waals surface area contributed by atoms with Crippen LogP contribution in [0.5, 0.6) is 0 Å². The predicted molar refractivity (Wildman–Crippen MR) is 79.7 cm³/mol. The van der Waals surface area contributed by atoms with Crippen molar-refractivity contribution in [2.45, 2.75) is 13.8 Å². The molecular formula is C16H18N2O. The van der Waals surface area contributed by atoms with Crippen molar-refractivity contribution < 1.29 is 4.79 Å². The van der Waals surface area contributed by atoms with E-state index in [0.29, 0.717) is 5.56 Å². The minimum atomic E-state index is -0.0908. The van der Waals surface area contributed by atoms with Gasteiger partial charge in [0.2, 0.25) is 0 Å². The van der Waals surface area contributed by atoms with E-state index in [1.165, 1.54) is 5.56 Å². The third-order valence-corrected chi connectivity index (χ3v) is 2.84. The summed E-state index contributed by atoms with van der Waals surface area (Å²) in [7, 11) is 0. The molecule has 0 aliphatic heterocycles. The van der Waals surface area contributed by atoms with Crippen molar-refractivity contribution in [2.24, 2.45) is 0 Å². The smallest absolute Gasteiger partial charge is 0.255 e. The molecule has 0 aromatic heterocycles. The minimum absolute atomic E-state index is 0.0908. The summed E-state index contributed by atoms with van der Waals surface area (Å²) in [6.07, 6.45) is 0. The first kappa shape index (κ1) is 13.1. The monoisotopic (exact) mass is 254 g/mol. The molecule has 0 aliphatic rings. The lowest BCUT2D eigenvalue weighted by Gasteiger charge is -2.07. The van der Waals surface area contributed by atoms with Crippen LogP contribution >= 0.6 is 0 Å². The van der Waals surface area contributed by atoms with E-state index in [2.05, 4.69) is 10.6 Å². The molecule has 2 aromatic rings. The lowest BCUT2D eigenvalue weighted by molar-refractivity contribution is 0.102. The van der Waals surface area contributed by atoms with Crippen LogP contribution in [-0.2, 0) is 0 Å². The highest BCUT2D eigenvalue weighted by molar-refractivity contribution is 6.04. The van der Waals surface area contributed by atoms with Gasteiger partial charge in [0.1, 0.15) is 0 Å². The molecule has 3 heteroatoms. The minimum Gasteiger partial charge on any atom is -0.385 e. The molecule has 0 bridgehead atoms. The molecule has 0 unspecified atom stereocenters. The Labute approximate surface area is 113 Å². The largest absolute Gasteiger partial charge is 0.385 e. The molecule has 3 nitrogen and oxygen atoms in total. The number of anilines is 2. The van der Waals surface area contributed by atoms with Gasteiger partial charge in [-0.15, -0.1) is 0 Å². The average Bonchev–Trinajstić information content (AvgIpc) is 2.42. The van der Waals surface area contributed by atoms with Gasteiger partial charge < -0.3 is 10.6 Å². The Bertz CT molecular complexity index is 544. The standard InChI is InChI=1S/C16H18N2O/c1-3-17-14-10-6-13(7-11-14)16(19)18-15-8-4-12(2)5-9-15/h4-11,17H,3H2,1-2H3,(H,18,19). The second-order valence-electron chi connectivity index (χ2n) is 4.43. The summed E-state index contributed by atoms with van der Waals surface area (Å²) in [4.78, 5) is 12.0. The quantitative estimate of drug-likeness (QED) is 0.873. The number of carbonyl (C=O) groups excluding carboxylic acids is 1. The van der Waals surface area contributed by atoms with E-state index in [-0.39, 0.29) is 5.91 Å². The number of hydrogen-bond donors (Lipinski definition) is 2. The Balaban J connectivity index is 2.05. The molecule has 0 heterocycles. The summed E-state index contributed by atoms with van der Waals surface area (Å²) < 4.78 is 0. The van der Waals surface area contributed by atoms with E-state index >= 15 is 0 Å². The fourth-order valence-electron chi connectivity index (χ4n) is 1.78. The SMILES string of the molecule is CCNc1ccc(C(=O)Nc2ccc(C)cc2)cc1. The molecule has 0 spiro atoms. The van der Waals surface area contributed by atoms with Crippen molar-refractivity contribution in [3.8, 4) is 0 Å². The molecule has 2 aromatic carbocycles. The highest BCUT2D eigenvalue weighted by Gasteiger charge is 2.05. The average molecular weight is 254 g/mol. The number of aryl methyl sites for hydroxylation is 1. The molecule has 0 fully saturated rings. The maximum Gasteiger partial charge on any atom is 0.255 e. The van der Waals surface area contributed by atoms with Gasteiger partial charge in [0.15, 0.2) is 0 Å². The molecule has 0 atom stereocenters. The van der Waals surface area contributed by atoms with Crippen LogP contribution < -0.4 is 10.6 Å². The Morgan fingerprint density at radius 1 is 0.947 bits per heavy atom. The first-order valence-electron chi connectivity index (χ1n) is 6.41. The van der Waals surface area contributed by atoms with E-state index in [1.54, 1.807) is 0 Å². The molecule has 0 saturated heterocycles. The van der Waals surface area contributed by atoms with Crippen molar-refractivity contribution >= 4 is 17.3 Å². The second kappa shape index (κ2) is 6.05.